The van der Waals surface area contributed by atoms with E-state index in [4.69, 9.17) is 0 Å². The average molecular weight is 204 g/mol. The zero-order chi connectivity index (χ0) is 7.72. The largest absolute Gasteiger partial charge is 0.314 e. The van der Waals surface area contributed by atoms with Crippen molar-refractivity contribution in [3.8, 4) is 0 Å². The maximum absolute atomic E-state index is 10.2. The van der Waals surface area contributed by atoms with Gasteiger partial charge in [0.1, 0.15) is 0 Å². The molecule has 0 fully saturated rings. The van der Waals surface area contributed by atoms with Crippen molar-refractivity contribution in [2.45, 2.75) is 0 Å². The van der Waals surface area contributed by atoms with Crippen LogP contribution in [0.3, 0.4) is 0 Å². The van der Waals surface area contributed by atoms with Gasteiger partial charge in [-0.15, -0.1) is 0 Å². The Kier molecular flexibility index (Phi) is 1.75. The number of halogens is 1. The Hall–Kier alpha value is -0.845. The van der Waals surface area contributed by atoms with Crippen molar-refractivity contribution < 1.29 is 4.92 Å². The van der Waals surface area contributed by atoms with Crippen LogP contribution in [0.25, 0.3) is 0 Å². The van der Waals surface area contributed by atoms with Gasteiger partial charge in [0, 0.05) is 0 Å². The minimum absolute atomic E-state index is 0.000000000000000222. The van der Waals surface area contributed by atoms with E-state index in [0.717, 1.165) is 0 Å². The quantitative estimate of drug-likeness (QED) is 0.374. The molecule has 1 aromatic heterocycles. The summed E-state index contributed by atoms with van der Waals surface area (Å²) in [4.78, 5) is 9.74. The van der Waals surface area contributed by atoms with Crippen molar-refractivity contribution in [2.24, 2.45) is 0 Å². The van der Waals surface area contributed by atoms with E-state index in [1.807, 2.05) is 0 Å². The van der Waals surface area contributed by atoms with Gasteiger partial charge in [0.25, 0.3) is 0 Å². The summed E-state index contributed by atoms with van der Waals surface area (Å²) in [7, 11) is 1.59. The van der Waals surface area contributed by atoms with E-state index < -0.39 is 4.92 Å². The lowest BCUT2D eigenvalue weighted by Gasteiger charge is -1.85. The molecule has 7 heteroatoms. The van der Waals surface area contributed by atoms with Crippen LogP contribution in [0.1, 0.15) is 0 Å². The van der Waals surface area contributed by atoms with Gasteiger partial charge in [-0.3, -0.25) is 15.2 Å². The Morgan fingerprint density at radius 1 is 1.80 bits per heavy atom. The summed E-state index contributed by atoms with van der Waals surface area (Å²) >= 11 is 2.93. The first-order valence-corrected chi connectivity index (χ1v) is 3.27. The fourth-order valence-corrected chi connectivity index (χ4v) is 1.14. The van der Waals surface area contributed by atoms with Gasteiger partial charge in [-0.25, -0.2) is 0 Å². The van der Waals surface area contributed by atoms with Crippen LogP contribution < -0.4 is 5.59 Å². The third kappa shape index (κ3) is 1.04. The molecule has 0 aliphatic heterocycles. The predicted molar refractivity (Wildman–Crippen MR) is 41.1 cm³/mol. The van der Waals surface area contributed by atoms with Gasteiger partial charge < -0.3 is 0 Å². The summed E-state index contributed by atoms with van der Waals surface area (Å²) < 4.78 is 0.245. The zero-order valence-electron chi connectivity index (χ0n) is 5.09. The number of nitrogens with one attached hydrogen (secondary N) is 1. The molecule has 0 aromatic carbocycles. The van der Waals surface area contributed by atoms with E-state index in [1.54, 1.807) is 7.85 Å². The number of hydrogen-bond donors (Lipinski definition) is 1. The van der Waals surface area contributed by atoms with Gasteiger partial charge >= 0.3 is 5.69 Å². The lowest BCUT2D eigenvalue weighted by atomic mass is 10.0. The van der Waals surface area contributed by atoms with Crippen molar-refractivity contribution in [3.63, 3.8) is 0 Å². The number of hydrogen-bond acceptors (Lipinski definition) is 3. The standard InChI is InChI=1S/C3H3BBrN3O2/c4-2-1(8(9)10)3(5)7-6-2/h4H2,(H,6,7). The molecule has 52 valence electrons. The van der Waals surface area contributed by atoms with Crippen molar-refractivity contribution in [2.75, 3.05) is 0 Å². The van der Waals surface area contributed by atoms with Crippen LogP contribution in [0.4, 0.5) is 5.69 Å². The SMILES string of the molecule is Bc1[nH]nc(Br)c1[N+](=O)[O-]. The second-order valence-corrected chi connectivity index (χ2v) is 2.50. The molecule has 10 heavy (non-hydrogen) atoms. The highest BCUT2D eigenvalue weighted by molar-refractivity contribution is 9.10. The molecule has 0 spiro atoms. The topological polar surface area (TPSA) is 71.8 Å². The van der Waals surface area contributed by atoms with Gasteiger partial charge in [0.2, 0.25) is 4.60 Å². The fraction of sp³-hybridized carbons (Fsp3) is 0. The minimum Gasteiger partial charge on any atom is -0.284 e. The maximum atomic E-state index is 10.2. The Labute approximate surface area is 65.5 Å². The third-order valence-corrected chi connectivity index (χ3v) is 1.61. The summed E-state index contributed by atoms with van der Waals surface area (Å²) in [6.07, 6.45) is 0. The number of aromatic amines is 1. The van der Waals surface area contributed by atoms with Crippen LogP contribution in [0, 0.1) is 10.1 Å². The molecule has 5 nitrogen and oxygen atoms in total. The van der Waals surface area contributed by atoms with Crippen LogP contribution in [-0.2, 0) is 0 Å². The molecule has 0 amide bonds. The molecule has 0 saturated heterocycles. The Bertz CT molecular complexity index is 253. The van der Waals surface area contributed by atoms with Crippen LogP contribution in [0.2, 0.25) is 0 Å². The summed E-state index contributed by atoms with van der Waals surface area (Å²) in [5.41, 5.74) is 0.455. The van der Waals surface area contributed by atoms with Crippen LogP contribution >= 0.6 is 15.9 Å². The highest BCUT2D eigenvalue weighted by Crippen LogP contribution is 2.17. The number of nitrogens with zero attached hydrogens (tertiary/aromatic N) is 2. The van der Waals surface area contributed by atoms with Crippen LogP contribution in [0.5, 0.6) is 0 Å². The number of H-pyrrole nitrogens is 1. The highest BCUT2D eigenvalue weighted by atomic mass is 79.9. The smallest absolute Gasteiger partial charge is 0.284 e. The fourth-order valence-electron chi connectivity index (χ4n) is 0.606. The molecular formula is C3H3BBrN3O2. The zero-order valence-corrected chi connectivity index (χ0v) is 6.67. The van der Waals surface area contributed by atoms with Crippen molar-refractivity contribution in [3.05, 3.63) is 14.7 Å². The van der Waals surface area contributed by atoms with E-state index in [9.17, 15) is 10.1 Å². The lowest BCUT2D eigenvalue weighted by Crippen LogP contribution is -2.08. The van der Waals surface area contributed by atoms with Gasteiger partial charge in [0.15, 0.2) is 7.85 Å². The summed E-state index contributed by atoms with van der Waals surface area (Å²) in [5.74, 6) is 0. The van der Waals surface area contributed by atoms with Gasteiger partial charge in [0.05, 0.1) is 10.5 Å². The Morgan fingerprint density at radius 3 is 2.60 bits per heavy atom. The van der Waals surface area contributed by atoms with E-state index in [1.165, 1.54) is 0 Å². The van der Waals surface area contributed by atoms with E-state index in [-0.39, 0.29) is 10.3 Å². The first kappa shape index (κ1) is 7.26. The van der Waals surface area contributed by atoms with Crippen molar-refractivity contribution in [1.82, 2.24) is 10.2 Å². The molecular weight excluding hydrogens is 201 g/mol. The predicted octanol–water partition coefficient (Wildman–Crippen LogP) is -0.661. The molecule has 0 atom stereocenters. The highest BCUT2D eigenvalue weighted by Gasteiger charge is 2.17. The molecule has 0 aliphatic rings. The lowest BCUT2D eigenvalue weighted by molar-refractivity contribution is -0.384. The monoisotopic (exact) mass is 203 g/mol. The summed E-state index contributed by atoms with van der Waals surface area (Å²) in [5, 5.41) is 16.3. The molecule has 1 heterocycles. The normalized spacial score (nSPS) is 9.70. The molecule has 1 aromatic rings. The molecule has 0 bridgehead atoms. The molecule has 0 aliphatic carbocycles. The average Bonchev–Trinajstić information content (AvgIpc) is 2.11. The van der Waals surface area contributed by atoms with Gasteiger partial charge in [-0.05, 0) is 15.9 Å². The molecule has 0 radical (unpaired) electrons. The Morgan fingerprint density at radius 2 is 2.40 bits per heavy atom. The second-order valence-electron chi connectivity index (χ2n) is 1.75. The molecule has 0 unspecified atom stereocenters. The maximum Gasteiger partial charge on any atom is 0.314 e. The number of nitro groups is 1. The molecule has 0 saturated carbocycles. The first-order valence-electron chi connectivity index (χ1n) is 2.47. The second kappa shape index (κ2) is 2.41. The molecule has 1 N–H and O–H groups in total. The van der Waals surface area contributed by atoms with Crippen LogP contribution in [0.15, 0.2) is 4.60 Å². The minimum atomic E-state index is -0.483. The third-order valence-electron chi connectivity index (χ3n) is 1.05. The summed E-state index contributed by atoms with van der Waals surface area (Å²) in [6.45, 7) is 0. The van der Waals surface area contributed by atoms with Crippen molar-refractivity contribution >= 4 is 35.1 Å². The van der Waals surface area contributed by atoms with E-state index in [2.05, 4.69) is 26.1 Å². The van der Waals surface area contributed by atoms with E-state index >= 15 is 0 Å². The number of aromatic nitrogens is 2. The van der Waals surface area contributed by atoms with Crippen molar-refractivity contribution in [1.29, 1.82) is 0 Å². The van der Waals surface area contributed by atoms with E-state index in [0.29, 0.717) is 5.59 Å². The number of rotatable bonds is 1. The molecule has 1 rings (SSSR count). The van der Waals surface area contributed by atoms with Crippen LogP contribution in [-0.4, -0.2) is 23.0 Å². The summed E-state index contributed by atoms with van der Waals surface area (Å²) in [6, 6.07) is 0. The van der Waals surface area contributed by atoms with Gasteiger partial charge in [-0.1, -0.05) is 0 Å². The first-order chi connectivity index (χ1) is 4.63. The van der Waals surface area contributed by atoms with Gasteiger partial charge in [-0.2, -0.15) is 5.10 Å². The Balaban J connectivity index is 3.23.